The number of fused-ring (bicyclic) bond motifs is 1. The summed E-state index contributed by atoms with van der Waals surface area (Å²) in [5, 5.41) is 15.3. The number of terminal acetylenes is 1. The maximum atomic E-state index is 13.3. The molecule has 3 heterocycles. The highest BCUT2D eigenvalue weighted by molar-refractivity contribution is 5.84. The summed E-state index contributed by atoms with van der Waals surface area (Å²) >= 11 is 0. The minimum atomic E-state index is -2.63. The van der Waals surface area contributed by atoms with E-state index in [0.717, 1.165) is 0 Å². The minimum absolute atomic E-state index is 0.102. The van der Waals surface area contributed by atoms with Gasteiger partial charge in [0.1, 0.15) is 6.54 Å². The van der Waals surface area contributed by atoms with Gasteiger partial charge in [-0.25, -0.2) is 18.4 Å². The number of carbonyl (C=O) groups excluding carboxylic acids is 1. The van der Waals surface area contributed by atoms with E-state index in [1.165, 1.54) is 10.7 Å². The van der Waals surface area contributed by atoms with Crippen LogP contribution < -0.4 is 5.32 Å². The summed E-state index contributed by atoms with van der Waals surface area (Å²) in [5.74, 6) is 2.27. The highest BCUT2D eigenvalue weighted by Crippen LogP contribution is 2.36. The molecule has 1 aliphatic rings. The van der Waals surface area contributed by atoms with Gasteiger partial charge in [0.05, 0.1) is 11.1 Å². The first-order valence-electron chi connectivity index (χ1n) is 8.62. The number of halogens is 2. The van der Waals surface area contributed by atoms with Crippen LogP contribution in [0, 0.1) is 26.2 Å². The third-order valence-electron chi connectivity index (χ3n) is 4.46. The van der Waals surface area contributed by atoms with Gasteiger partial charge in [-0.1, -0.05) is 0 Å². The van der Waals surface area contributed by atoms with Crippen molar-refractivity contribution < 1.29 is 13.6 Å². The Kier molecular flexibility index (Phi) is 5.17. The standard InChI is InChI=1S/C18H20F2N6O/c1-4-5-6-18(24-25-18)7-8-21-14(27)10-26-17-15(12(3)23-26)13(16(19)20)9-11(2)22-17/h1,9,16H,5-8,10H2,2-3H3,(H,21,27). The zero-order valence-corrected chi connectivity index (χ0v) is 15.2. The molecule has 2 aromatic heterocycles. The van der Waals surface area contributed by atoms with Crippen LogP contribution in [0.1, 0.15) is 42.6 Å². The Morgan fingerprint density at radius 3 is 2.74 bits per heavy atom. The maximum absolute atomic E-state index is 13.3. The number of carbonyl (C=O) groups is 1. The van der Waals surface area contributed by atoms with Crippen LogP contribution in [-0.4, -0.2) is 32.9 Å². The lowest BCUT2D eigenvalue weighted by Gasteiger charge is -2.10. The number of pyridine rings is 1. The lowest BCUT2D eigenvalue weighted by Crippen LogP contribution is -2.31. The smallest absolute Gasteiger partial charge is 0.264 e. The molecular weight excluding hydrogens is 354 g/mol. The van der Waals surface area contributed by atoms with Crippen LogP contribution in [0.5, 0.6) is 0 Å². The molecule has 0 saturated carbocycles. The molecule has 2 aromatic rings. The lowest BCUT2D eigenvalue weighted by atomic mass is 10.0. The third kappa shape index (κ3) is 4.10. The monoisotopic (exact) mass is 374 g/mol. The van der Waals surface area contributed by atoms with Gasteiger partial charge >= 0.3 is 0 Å². The molecule has 0 radical (unpaired) electrons. The van der Waals surface area contributed by atoms with Crippen LogP contribution in [0.3, 0.4) is 0 Å². The van der Waals surface area contributed by atoms with E-state index in [1.807, 2.05) is 0 Å². The average molecular weight is 374 g/mol. The van der Waals surface area contributed by atoms with E-state index in [0.29, 0.717) is 42.6 Å². The van der Waals surface area contributed by atoms with Gasteiger partial charge in [0, 0.05) is 37.1 Å². The number of alkyl halides is 2. The number of hydrogen-bond donors (Lipinski definition) is 1. The maximum Gasteiger partial charge on any atom is 0.264 e. The summed E-state index contributed by atoms with van der Waals surface area (Å²) < 4.78 is 28.0. The molecule has 1 aliphatic heterocycles. The molecule has 3 rings (SSSR count). The van der Waals surface area contributed by atoms with Crippen molar-refractivity contribution >= 4 is 16.9 Å². The van der Waals surface area contributed by atoms with Gasteiger partial charge in [-0.05, 0) is 19.9 Å². The number of aryl methyl sites for hydroxylation is 2. The molecule has 0 aliphatic carbocycles. The van der Waals surface area contributed by atoms with E-state index in [1.54, 1.807) is 13.8 Å². The molecule has 27 heavy (non-hydrogen) atoms. The summed E-state index contributed by atoms with van der Waals surface area (Å²) in [4.78, 5) is 16.5. The fourth-order valence-electron chi connectivity index (χ4n) is 3.06. The minimum Gasteiger partial charge on any atom is -0.354 e. The van der Waals surface area contributed by atoms with Crippen molar-refractivity contribution in [1.29, 1.82) is 0 Å². The van der Waals surface area contributed by atoms with E-state index in [2.05, 4.69) is 31.5 Å². The lowest BCUT2D eigenvalue weighted by molar-refractivity contribution is -0.121. The second-order valence-corrected chi connectivity index (χ2v) is 6.58. The summed E-state index contributed by atoms with van der Waals surface area (Å²) in [6.45, 7) is 3.56. The van der Waals surface area contributed by atoms with Crippen molar-refractivity contribution in [3.8, 4) is 12.3 Å². The molecule has 0 fully saturated rings. The zero-order valence-electron chi connectivity index (χ0n) is 15.2. The first-order valence-corrected chi connectivity index (χ1v) is 8.62. The number of nitrogens with one attached hydrogen (secondary N) is 1. The van der Waals surface area contributed by atoms with E-state index >= 15 is 0 Å². The van der Waals surface area contributed by atoms with E-state index in [4.69, 9.17) is 6.42 Å². The van der Waals surface area contributed by atoms with E-state index in [9.17, 15) is 13.6 Å². The quantitative estimate of drug-likeness (QED) is 0.721. The highest BCUT2D eigenvalue weighted by Gasteiger charge is 2.38. The largest absolute Gasteiger partial charge is 0.354 e. The van der Waals surface area contributed by atoms with Crippen molar-refractivity contribution in [2.24, 2.45) is 10.2 Å². The Morgan fingerprint density at radius 1 is 1.37 bits per heavy atom. The van der Waals surface area contributed by atoms with Gasteiger partial charge in [-0.15, -0.1) is 12.3 Å². The fourth-order valence-corrected chi connectivity index (χ4v) is 3.06. The van der Waals surface area contributed by atoms with Crippen LogP contribution in [-0.2, 0) is 11.3 Å². The average Bonchev–Trinajstić information content (AvgIpc) is 3.31. The Morgan fingerprint density at radius 2 is 2.11 bits per heavy atom. The van der Waals surface area contributed by atoms with Crippen LogP contribution in [0.4, 0.5) is 8.78 Å². The predicted octanol–water partition coefficient (Wildman–Crippen LogP) is 3.07. The Bertz CT molecular complexity index is 937. The SMILES string of the molecule is C#CCCC1(CCNC(=O)Cn2nc(C)c3c(C(F)F)cc(C)nc32)N=N1. The van der Waals surface area contributed by atoms with Crippen molar-refractivity contribution in [2.45, 2.75) is 51.7 Å². The number of hydrogen-bond acceptors (Lipinski definition) is 5. The van der Waals surface area contributed by atoms with E-state index in [-0.39, 0.29) is 23.7 Å². The molecule has 0 aromatic carbocycles. The summed E-state index contributed by atoms with van der Waals surface area (Å²) in [7, 11) is 0. The number of nitrogens with zero attached hydrogens (tertiary/aromatic N) is 5. The molecule has 0 bridgehead atoms. The van der Waals surface area contributed by atoms with Crippen LogP contribution in [0.2, 0.25) is 0 Å². The number of amides is 1. The molecule has 0 saturated heterocycles. The molecular formula is C18H20F2N6O. The number of aromatic nitrogens is 3. The molecule has 9 heteroatoms. The molecule has 0 unspecified atom stereocenters. The first-order chi connectivity index (χ1) is 12.8. The van der Waals surface area contributed by atoms with Crippen molar-refractivity contribution in [1.82, 2.24) is 20.1 Å². The Balaban J connectivity index is 1.66. The molecule has 142 valence electrons. The molecule has 1 N–H and O–H groups in total. The summed E-state index contributed by atoms with van der Waals surface area (Å²) in [6, 6.07) is 1.35. The fraction of sp³-hybridized carbons (Fsp3) is 0.500. The summed E-state index contributed by atoms with van der Waals surface area (Å²) in [6.07, 6.45) is 4.44. The second kappa shape index (κ2) is 7.39. The predicted molar refractivity (Wildman–Crippen MR) is 95.2 cm³/mol. The Labute approximate surface area is 155 Å². The van der Waals surface area contributed by atoms with Gasteiger partial charge in [-0.3, -0.25) is 4.79 Å². The van der Waals surface area contributed by atoms with Crippen LogP contribution in [0.15, 0.2) is 16.3 Å². The van der Waals surface area contributed by atoms with Gasteiger partial charge in [0.2, 0.25) is 5.91 Å². The third-order valence-corrected chi connectivity index (χ3v) is 4.46. The molecule has 0 atom stereocenters. The first kappa shape index (κ1) is 18.9. The Hall–Kier alpha value is -2.89. The highest BCUT2D eigenvalue weighted by atomic mass is 19.3. The van der Waals surface area contributed by atoms with Crippen molar-refractivity contribution in [3.05, 3.63) is 23.0 Å². The van der Waals surface area contributed by atoms with Gasteiger partial charge in [0.15, 0.2) is 11.3 Å². The van der Waals surface area contributed by atoms with Gasteiger partial charge < -0.3 is 5.32 Å². The second-order valence-electron chi connectivity index (χ2n) is 6.58. The van der Waals surface area contributed by atoms with Crippen molar-refractivity contribution in [3.63, 3.8) is 0 Å². The topological polar surface area (TPSA) is 84.5 Å². The zero-order chi connectivity index (χ0) is 19.6. The molecule has 7 nitrogen and oxygen atoms in total. The van der Waals surface area contributed by atoms with E-state index < -0.39 is 12.1 Å². The van der Waals surface area contributed by atoms with Gasteiger partial charge in [-0.2, -0.15) is 15.3 Å². The summed E-state index contributed by atoms with van der Waals surface area (Å²) in [5.41, 5.74) is 0.584. The van der Waals surface area contributed by atoms with Crippen LogP contribution >= 0.6 is 0 Å². The number of rotatable bonds is 8. The molecule has 1 amide bonds. The molecule has 0 spiro atoms. The van der Waals surface area contributed by atoms with Crippen molar-refractivity contribution in [2.75, 3.05) is 6.54 Å². The normalized spacial score (nSPS) is 14.5. The van der Waals surface area contributed by atoms with Gasteiger partial charge in [0.25, 0.3) is 6.43 Å². The van der Waals surface area contributed by atoms with Crippen LogP contribution in [0.25, 0.3) is 11.0 Å².